The third kappa shape index (κ3) is 2.98. The van der Waals surface area contributed by atoms with Crippen LogP contribution < -0.4 is 5.32 Å². The zero-order valence-electron chi connectivity index (χ0n) is 12.3. The number of hydrogen-bond donors (Lipinski definition) is 1. The van der Waals surface area contributed by atoms with Gasteiger partial charge in [-0.05, 0) is 24.8 Å². The van der Waals surface area contributed by atoms with Crippen LogP contribution in [0.1, 0.15) is 44.5 Å². The third-order valence-electron chi connectivity index (χ3n) is 3.62. The second-order valence-electron chi connectivity index (χ2n) is 5.83. The summed E-state index contributed by atoms with van der Waals surface area (Å²) in [6.45, 7) is 9.25. The fourth-order valence-corrected chi connectivity index (χ4v) is 2.59. The summed E-state index contributed by atoms with van der Waals surface area (Å²) in [5.74, 6) is 0.719. The number of hydrogen-bond acceptors (Lipinski definition) is 2. The van der Waals surface area contributed by atoms with Crippen LogP contribution >= 0.6 is 0 Å². The van der Waals surface area contributed by atoms with Crippen molar-refractivity contribution in [3.63, 3.8) is 0 Å². The van der Waals surface area contributed by atoms with Gasteiger partial charge in [-0.3, -0.25) is 10.1 Å². The zero-order chi connectivity index (χ0) is 14.0. The lowest BCUT2D eigenvalue weighted by molar-refractivity contribution is -0.130. The molecular formula is C16H24N2O. The van der Waals surface area contributed by atoms with E-state index in [0.29, 0.717) is 5.92 Å². The van der Waals surface area contributed by atoms with Crippen molar-refractivity contribution in [2.45, 2.75) is 46.3 Å². The van der Waals surface area contributed by atoms with Gasteiger partial charge in [-0.2, -0.15) is 0 Å². The number of carbonyl (C=O) groups excluding carboxylic acids is 1. The highest BCUT2D eigenvalue weighted by Crippen LogP contribution is 2.27. The average molecular weight is 260 g/mol. The van der Waals surface area contributed by atoms with Crippen LogP contribution in [-0.2, 0) is 4.79 Å². The number of aryl methyl sites for hydroxylation is 1. The molecule has 0 aromatic heterocycles. The Morgan fingerprint density at radius 2 is 1.89 bits per heavy atom. The second-order valence-corrected chi connectivity index (χ2v) is 5.83. The Labute approximate surface area is 116 Å². The monoisotopic (exact) mass is 260 g/mol. The first-order valence-corrected chi connectivity index (χ1v) is 7.16. The van der Waals surface area contributed by atoms with Crippen LogP contribution in [0.25, 0.3) is 0 Å². The van der Waals surface area contributed by atoms with Crippen LogP contribution in [0.3, 0.4) is 0 Å². The van der Waals surface area contributed by atoms with E-state index in [4.69, 9.17) is 0 Å². The van der Waals surface area contributed by atoms with E-state index in [2.05, 4.69) is 57.3 Å². The Morgan fingerprint density at radius 1 is 1.26 bits per heavy atom. The van der Waals surface area contributed by atoms with Crippen LogP contribution in [-0.4, -0.2) is 23.4 Å². The maximum atomic E-state index is 12.4. The number of nitrogens with one attached hydrogen (secondary N) is 1. The molecule has 2 unspecified atom stereocenters. The predicted molar refractivity (Wildman–Crippen MR) is 77.7 cm³/mol. The maximum Gasteiger partial charge on any atom is 0.241 e. The van der Waals surface area contributed by atoms with Gasteiger partial charge < -0.3 is 4.90 Å². The molecule has 104 valence electrons. The van der Waals surface area contributed by atoms with Gasteiger partial charge in [0.05, 0.1) is 6.04 Å². The van der Waals surface area contributed by atoms with E-state index in [1.54, 1.807) is 0 Å². The van der Waals surface area contributed by atoms with E-state index in [1.807, 2.05) is 4.90 Å². The van der Waals surface area contributed by atoms with Crippen molar-refractivity contribution in [1.29, 1.82) is 0 Å². The molecule has 19 heavy (non-hydrogen) atoms. The Hall–Kier alpha value is -1.35. The van der Waals surface area contributed by atoms with E-state index in [1.165, 1.54) is 11.1 Å². The molecule has 2 atom stereocenters. The lowest BCUT2D eigenvalue weighted by atomic mass is 10.1. The van der Waals surface area contributed by atoms with Crippen LogP contribution in [0, 0.1) is 12.8 Å². The molecule has 1 saturated heterocycles. The SMILES string of the molecule is CCC1NC(c2ccc(C)cc2)N(CC(C)C)C1=O. The van der Waals surface area contributed by atoms with E-state index >= 15 is 0 Å². The molecule has 1 aromatic rings. The van der Waals surface area contributed by atoms with Crippen molar-refractivity contribution >= 4 is 5.91 Å². The van der Waals surface area contributed by atoms with Gasteiger partial charge in [0.1, 0.15) is 6.17 Å². The first-order valence-electron chi connectivity index (χ1n) is 7.16. The molecule has 3 nitrogen and oxygen atoms in total. The molecule has 3 heteroatoms. The summed E-state index contributed by atoms with van der Waals surface area (Å²) >= 11 is 0. The molecule has 0 saturated carbocycles. The summed E-state index contributed by atoms with van der Waals surface area (Å²) in [5, 5.41) is 3.46. The Bertz CT molecular complexity index is 439. The summed E-state index contributed by atoms with van der Waals surface area (Å²) < 4.78 is 0. The van der Waals surface area contributed by atoms with Crippen LogP contribution in [0.4, 0.5) is 0 Å². The smallest absolute Gasteiger partial charge is 0.241 e. The van der Waals surface area contributed by atoms with Gasteiger partial charge in [-0.25, -0.2) is 0 Å². The number of amides is 1. The number of rotatable bonds is 4. The van der Waals surface area contributed by atoms with Crippen molar-refractivity contribution in [3.8, 4) is 0 Å². The molecule has 1 heterocycles. The van der Waals surface area contributed by atoms with Gasteiger partial charge in [0.2, 0.25) is 5.91 Å². The first-order chi connectivity index (χ1) is 9.02. The van der Waals surface area contributed by atoms with E-state index in [-0.39, 0.29) is 18.1 Å². The van der Waals surface area contributed by atoms with Crippen molar-refractivity contribution in [2.75, 3.05) is 6.54 Å². The third-order valence-corrected chi connectivity index (χ3v) is 3.62. The number of carbonyl (C=O) groups is 1. The summed E-state index contributed by atoms with van der Waals surface area (Å²) in [5.41, 5.74) is 2.42. The molecule has 0 spiro atoms. The highest BCUT2D eigenvalue weighted by molar-refractivity contribution is 5.84. The van der Waals surface area contributed by atoms with Gasteiger partial charge in [-0.1, -0.05) is 50.6 Å². The van der Waals surface area contributed by atoms with Gasteiger partial charge >= 0.3 is 0 Å². The molecule has 1 aromatic carbocycles. The summed E-state index contributed by atoms with van der Waals surface area (Å²) in [6, 6.07) is 8.41. The Kier molecular flexibility index (Phi) is 4.25. The molecular weight excluding hydrogens is 236 g/mol. The standard InChI is InChI=1S/C16H24N2O/c1-5-14-16(19)18(10-11(2)3)15(17-14)13-8-6-12(4)7-9-13/h6-9,11,14-15,17H,5,10H2,1-4H3. The lowest BCUT2D eigenvalue weighted by Crippen LogP contribution is -2.34. The van der Waals surface area contributed by atoms with Gasteiger partial charge in [-0.15, -0.1) is 0 Å². The molecule has 0 aliphatic carbocycles. The highest BCUT2D eigenvalue weighted by atomic mass is 16.2. The zero-order valence-corrected chi connectivity index (χ0v) is 12.3. The quantitative estimate of drug-likeness (QED) is 0.903. The minimum Gasteiger partial charge on any atom is -0.321 e. The van der Waals surface area contributed by atoms with Crippen molar-refractivity contribution < 1.29 is 4.79 Å². The Morgan fingerprint density at radius 3 is 2.42 bits per heavy atom. The van der Waals surface area contributed by atoms with Crippen LogP contribution in [0.15, 0.2) is 24.3 Å². The molecule has 1 N–H and O–H groups in total. The summed E-state index contributed by atoms with van der Waals surface area (Å²) in [7, 11) is 0. The second kappa shape index (κ2) is 5.74. The average Bonchev–Trinajstić information content (AvgIpc) is 2.67. The summed E-state index contributed by atoms with van der Waals surface area (Å²) in [6.07, 6.45) is 0.871. The van der Waals surface area contributed by atoms with E-state index in [9.17, 15) is 4.79 Å². The maximum absolute atomic E-state index is 12.4. The number of benzene rings is 1. The molecule has 0 bridgehead atoms. The minimum absolute atomic E-state index is 0.0282. The first kappa shape index (κ1) is 14.1. The Balaban J connectivity index is 2.25. The van der Waals surface area contributed by atoms with Gasteiger partial charge in [0.25, 0.3) is 0 Å². The van der Waals surface area contributed by atoms with E-state index in [0.717, 1.165) is 13.0 Å². The van der Waals surface area contributed by atoms with Gasteiger partial charge in [0, 0.05) is 6.54 Å². The molecule has 1 fully saturated rings. The minimum atomic E-state index is -0.0370. The van der Waals surface area contributed by atoms with Crippen LogP contribution in [0.5, 0.6) is 0 Å². The van der Waals surface area contributed by atoms with Gasteiger partial charge in [0.15, 0.2) is 0 Å². The highest BCUT2D eigenvalue weighted by Gasteiger charge is 2.38. The van der Waals surface area contributed by atoms with E-state index < -0.39 is 0 Å². The van der Waals surface area contributed by atoms with Crippen LogP contribution in [0.2, 0.25) is 0 Å². The van der Waals surface area contributed by atoms with Crippen molar-refractivity contribution in [3.05, 3.63) is 35.4 Å². The summed E-state index contributed by atoms with van der Waals surface area (Å²) in [4.78, 5) is 14.4. The molecule has 2 rings (SSSR count). The molecule has 1 amide bonds. The normalized spacial score (nSPS) is 23.4. The molecule has 1 aliphatic heterocycles. The number of nitrogens with zero attached hydrogens (tertiary/aromatic N) is 1. The van der Waals surface area contributed by atoms with Crippen molar-refractivity contribution in [1.82, 2.24) is 10.2 Å². The lowest BCUT2D eigenvalue weighted by Gasteiger charge is -2.26. The molecule has 1 aliphatic rings. The fraction of sp³-hybridized carbons (Fsp3) is 0.562. The molecule has 0 radical (unpaired) electrons. The fourth-order valence-electron chi connectivity index (χ4n) is 2.59. The topological polar surface area (TPSA) is 32.3 Å². The largest absolute Gasteiger partial charge is 0.321 e. The predicted octanol–water partition coefficient (Wildman–Crippen LogP) is 2.86. The van der Waals surface area contributed by atoms with Crippen molar-refractivity contribution in [2.24, 2.45) is 5.92 Å².